The normalized spacial score (nSPS) is 21.2. The van der Waals surface area contributed by atoms with E-state index in [1.807, 2.05) is 19.1 Å². The van der Waals surface area contributed by atoms with Crippen molar-refractivity contribution in [1.82, 2.24) is 5.32 Å². The fourth-order valence-corrected chi connectivity index (χ4v) is 3.44. The van der Waals surface area contributed by atoms with Crippen molar-refractivity contribution >= 4 is 22.4 Å². The number of benzene rings is 1. The Kier molecular flexibility index (Phi) is 3.47. The number of anilines is 1. The van der Waals surface area contributed by atoms with Crippen LogP contribution in [0.3, 0.4) is 0 Å². The van der Waals surface area contributed by atoms with Crippen LogP contribution in [0.25, 0.3) is 0 Å². The van der Waals surface area contributed by atoms with E-state index < -0.39 is 10.8 Å². The van der Waals surface area contributed by atoms with Gasteiger partial charge in [0.25, 0.3) is 0 Å². The minimum Gasteiger partial charge on any atom is -0.398 e. The predicted molar refractivity (Wildman–Crippen MR) is 68.0 cm³/mol. The second-order valence-corrected chi connectivity index (χ2v) is 5.75. The fraction of sp³-hybridized carbons (Fsp3) is 0.417. The second-order valence-electron chi connectivity index (χ2n) is 4.29. The van der Waals surface area contributed by atoms with Gasteiger partial charge in [-0.1, -0.05) is 6.07 Å². The molecule has 0 radical (unpaired) electrons. The summed E-state index contributed by atoms with van der Waals surface area (Å²) in [4.78, 5) is 11.8. The van der Waals surface area contributed by atoms with E-state index in [0.29, 0.717) is 17.9 Å². The van der Waals surface area contributed by atoms with E-state index in [1.165, 1.54) is 0 Å². The summed E-state index contributed by atoms with van der Waals surface area (Å²) in [5.41, 5.74) is 7.31. The molecule has 92 valence electrons. The molecule has 17 heavy (non-hydrogen) atoms. The van der Waals surface area contributed by atoms with Crippen LogP contribution in [0.15, 0.2) is 23.1 Å². The number of nitrogens with one attached hydrogen (secondary N) is 1. The molecule has 3 N–H and O–H groups in total. The van der Waals surface area contributed by atoms with Crippen molar-refractivity contribution in [2.24, 2.45) is 0 Å². The molecule has 1 aromatic carbocycles. The van der Waals surface area contributed by atoms with Crippen LogP contribution in [0, 0.1) is 6.92 Å². The highest BCUT2D eigenvalue weighted by atomic mass is 32.2. The molecule has 2 rings (SSSR count). The Balaban J connectivity index is 2.09. The van der Waals surface area contributed by atoms with Gasteiger partial charge in [-0.15, -0.1) is 0 Å². The van der Waals surface area contributed by atoms with Crippen molar-refractivity contribution in [3.63, 3.8) is 0 Å². The van der Waals surface area contributed by atoms with Gasteiger partial charge in [-0.25, -0.2) is 0 Å². The molecule has 2 unspecified atom stereocenters. The van der Waals surface area contributed by atoms with Crippen LogP contribution < -0.4 is 11.1 Å². The van der Waals surface area contributed by atoms with E-state index in [1.54, 1.807) is 6.07 Å². The summed E-state index contributed by atoms with van der Waals surface area (Å²) in [6.07, 6.45) is 1.31. The smallest absolute Gasteiger partial charge is 0.220 e. The van der Waals surface area contributed by atoms with E-state index in [4.69, 9.17) is 5.73 Å². The summed E-state index contributed by atoms with van der Waals surface area (Å²) < 4.78 is 12.2. The van der Waals surface area contributed by atoms with E-state index in [0.717, 1.165) is 16.9 Å². The van der Waals surface area contributed by atoms with Gasteiger partial charge in [0.2, 0.25) is 5.91 Å². The van der Waals surface area contributed by atoms with Gasteiger partial charge in [0.05, 0.1) is 10.8 Å². The number of carbonyl (C=O) groups excluding carboxylic acids is 1. The number of nitrogen functional groups attached to an aromatic ring is 1. The summed E-state index contributed by atoms with van der Waals surface area (Å²) in [5.74, 6) is 0.520. The first kappa shape index (κ1) is 12.1. The summed E-state index contributed by atoms with van der Waals surface area (Å²) in [7, 11) is -1.10. The third-order valence-electron chi connectivity index (χ3n) is 3.01. The summed E-state index contributed by atoms with van der Waals surface area (Å²) in [6, 6.07) is 5.47. The molecule has 2 atom stereocenters. The third-order valence-corrected chi connectivity index (χ3v) is 4.65. The third kappa shape index (κ3) is 2.66. The molecule has 0 aromatic heterocycles. The van der Waals surface area contributed by atoms with Crippen molar-refractivity contribution < 1.29 is 9.00 Å². The van der Waals surface area contributed by atoms with Crippen LogP contribution in [0.4, 0.5) is 5.69 Å². The number of carbonyl (C=O) groups is 1. The molecule has 1 fully saturated rings. The summed E-state index contributed by atoms with van der Waals surface area (Å²) >= 11 is 0. The van der Waals surface area contributed by atoms with Crippen LogP contribution in [0.1, 0.15) is 18.4 Å². The molecular formula is C12H16N2O2S. The lowest BCUT2D eigenvalue weighted by Crippen LogP contribution is -2.30. The van der Waals surface area contributed by atoms with Gasteiger partial charge in [-0.3, -0.25) is 9.00 Å². The van der Waals surface area contributed by atoms with E-state index in [2.05, 4.69) is 5.32 Å². The van der Waals surface area contributed by atoms with Crippen LogP contribution in [0.5, 0.6) is 0 Å². The molecule has 1 amide bonds. The molecule has 1 aromatic rings. The molecule has 1 saturated heterocycles. The maximum absolute atomic E-state index is 12.2. The summed E-state index contributed by atoms with van der Waals surface area (Å²) in [6.45, 7) is 1.87. The minimum absolute atomic E-state index is 0.0316. The predicted octanol–water partition coefficient (Wildman–Crippen LogP) is 0.963. The lowest BCUT2D eigenvalue weighted by molar-refractivity contribution is -0.119. The van der Waals surface area contributed by atoms with Gasteiger partial charge in [0, 0.05) is 28.8 Å². The molecule has 1 heterocycles. The Hall–Kier alpha value is -1.36. The molecular weight excluding hydrogens is 236 g/mol. The molecule has 1 aliphatic heterocycles. The van der Waals surface area contributed by atoms with Crippen LogP contribution >= 0.6 is 0 Å². The zero-order valence-electron chi connectivity index (χ0n) is 9.73. The van der Waals surface area contributed by atoms with Gasteiger partial charge < -0.3 is 11.1 Å². The van der Waals surface area contributed by atoms with Gasteiger partial charge in [0.15, 0.2) is 0 Å². The minimum atomic E-state index is -1.10. The van der Waals surface area contributed by atoms with E-state index >= 15 is 0 Å². The summed E-state index contributed by atoms with van der Waals surface area (Å²) in [5, 5.41) is 2.83. The zero-order chi connectivity index (χ0) is 12.4. The largest absolute Gasteiger partial charge is 0.398 e. The number of rotatable bonds is 3. The number of hydrogen-bond donors (Lipinski definition) is 2. The number of amides is 1. The van der Waals surface area contributed by atoms with Crippen molar-refractivity contribution in [3.05, 3.63) is 23.8 Å². The van der Waals surface area contributed by atoms with Crippen LogP contribution in [0.2, 0.25) is 0 Å². The van der Waals surface area contributed by atoms with Gasteiger partial charge >= 0.3 is 0 Å². The maximum atomic E-state index is 12.2. The first-order chi connectivity index (χ1) is 8.08. The Morgan fingerprint density at radius 2 is 2.29 bits per heavy atom. The second kappa shape index (κ2) is 4.87. The Labute approximate surface area is 103 Å². The van der Waals surface area contributed by atoms with Crippen molar-refractivity contribution in [2.75, 3.05) is 11.5 Å². The molecule has 4 nitrogen and oxygen atoms in total. The van der Waals surface area contributed by atoms with E-state index in [9.17, 15) is 9.00 Å². The highest BCUT2D eigenvalue weighted by Gasteiger charge is 2.23. The standard InChI is InChI=1S/C12H16N2O2S/c1-8-10(13)3-2-4-11(8)17(16)7-9-5-6-12(15)14-9/h2-4,9H,5-7,13H2,1H3,(H,14,15). The van der Waals surface area contributed by atoms with Crippen LogP contribution in [-0.4, -0.2) is 21.9 Å². The Bertz CT molecular complexity index is 474. The SMILES string of the molecule is Cc1c(N)cccc1S(=O)CC1CCC(=O)N1. The quantitative estimate of drug-likeness (QED) is 0.787. The number of hydrogen-bond acceptors (Lipinski definition) is 3. The number of nitrogens with two attached hydrogens (primary N) is 1. The molecule has 0 aliphatic carbocycles. The Morgan fingerprint density at radius 3 is 2.94 bits per heavy atom. The maximum Gasteiger partial charge on any atom is 0.220 e. The molecule has 0 bridgehead atoms. The van der Waals surface area contributed by atoms with Crippen molar-refractivity contribution in [1.29, 1.82) is 0 Å². The van der Waals surface area contributed by atoms with Crippen LogP contribution in [-0.2, 0) is 15.6 Å². The fourth-order valence-electron chi connectivity index (χ4n) is 1.95. The molecule has 0 saturated carbocycles. The first-order valence-electron chi connectivity index (χ1n) is 5.61. The lowest BCUT2D eigenvalue weighted by atomic mass is 10.2. The average molecular weight is 252 g/mol. The zero-order valence-corrected chi connectivity index (χ0v) is 10.5. The average Bonchev–Trinajstić information content (AvgIpc) is 2.68. The van der Waals surface area contributed by atoms with Gasteiger partial charge in [-0.05, 0) is 31.0 Å². The van der Waals surface area contributed by atoms with E-state index in [-0.39, 0.29) is 11.9 Å². The molecule has 5 heteroatoms. The van der Waals surface area contributed by atoms with Gasteiger partial charge in [0.1, 0.15) is 0 Å². The molecule has 1 aliphatic rings. The van der Waals surface area contributed by atoms with Crippen molar-refractivity contribution in [2.45, 2.75) is 30.7 Å². The Morgan fingerprint density at radius 1 is 1.53 bits per heavy atom. The first-order valence-corrected chi connectivity index (χ1v) is 6.92. The monoisotopic (exact) mass is 252 g/mol. The molecule has 0 spiro atoms. The topological polar surface area (TPSA) is 72.2 Å². The highest BCUT2D eigenvalue weighted by Crippen LogP contribution is 2.20. The lowest BCUT2D eigenvalue weighted by Gasteiger charge is -2.12. The van der Waals surface area contributed by atoms with Gasteiger partial charge in [-0.2, -0.15) is 0 Å². The van der Waals surface area contributed by atoms with Crippen molar-refractivity contribution in [3.8, 4) is 0 Å². The highest BCUT2D eigenvalue weighted by molar-refractivity contribution is 7.85.